The molecule has 0 radical (unpaired) electrons. The third kappa shape index (κ3) is 4.10. The predicted molar refractivity (Wildman–Crippen MR) is 107 cm³/mol. The smallest absolute Gasteiger partial charge is 0.183 e. The Morgan fingerprint density at radius 1 is 0.920 bits per heavy atom. The van der Waals surface area contributed by atoms with Crippen molar-refractivity contribution in [1.29, 1.82) is 0 Å². The molecule has 1 N–H and O–H groups in total. The molecule has 1 heterocycles. The first-order valence-electron chi connectivity index (χ1n) is 9.22. The second kappa shape index (κ2) is 7.83. The fourth-order valence-electron chi connectivity index (χ4n) is 3.62. The van der Waals surface area contributed by atoms with Crippen LogP contribution in [0.2, 0.25) is 0 Å². The standard InChI is InChI=1S/C22H24N2S/c1-3-7-17(8-4-1)15-23-22-24-21(16-25-22)20-13-11-19(12-14-20)18-9-5-2-6-10-18/h1,3-4,7-8,11-14,16,18H,2,5-6,9-10,15H2,(H,23,24). The van der Waals surface area contributed by atoms with Crippen LogP contribution in [-0.2, 0) is 6.54 Å². The van der Waals surface area contributed by atoms with Gasteiger partial charge in [-0.15, -0.1) is 11.3 Å². The molecule has 0 atom stereocenters. The largest absolute Gasteiger partial charge is 0.357 e. The summed E-state index contributed by atoms with van der Waals surface area (Å²) < 4.78 is 0. The van der Waals surface area contributed by atoms with Crippen molar-refractivity contribution in [1.82, 2.24) is 4.98 Å². The van der Waals surface area contributed by atoms with Crippen LogP contribution in [0.25, 0.3) is 11.3 Å². The van der Waals surface area contributed by atoms with Crippen LogP contribution in [-0.4, -0.2) is 4.98 Å². The summed E-state index contributed by atoms with van der Waals surface area (Å²) in [5, 5.41) is 6.55. The number of anilines is 1. The van der Waals surface area contributed by atoms with E-state index in [1.807, 2.05) is 6.07 Å². The van der Waals surface area contributed by atoms with E-state index >= 15 is 0 Å². The first kappa shape index (κ1) is 16.3. The zero-order chi connectivity index (χ0) is 16.9. The molecule has 128 valence electrons. The van der Waals surface area contributed by atoms with Gasteiger partial charge in [0.15, 0.2) is 5.13 Å². The number of benzene rings is 2. The summed E-state index contributed by atoms with van der Waals surface area (Å²) in [6.07, 6.45) is 6.88. The average Bonchev–Trinajstić information content (AvgIpc) is 3.17. The van der Waals surface area contributed by atoms with Gasteiger partial charge in [-0.05, 0) is 29.9 Å². The van der Waals surface area contributed by atoms with Gasteiger partial charge in [-0.2, -0.15) is 0 Å². The molecule has 2 aromatic carbocycles. The maximum absolute atomic E-state index is 4.75. The second-order valence-electron chi connectivity index (χ2n) is 6.83. The van der Waals surface area contributed by atoms with Crippen LogP contribution in [0, 0.1) is 0 Å². The number of nitrogens with one attached hydrogen (secondary N) is 1. The van der Waals surface area contributed by atoms with Crippen LogP contribution in [0.1, 0.15) is 49.1 Å². The van der Waals surface area contributed by atoms with Crippen molar-refractivity contribution in [2.75, 3.05) is 5.32 Å². The molecule has 0 bridgehead atoms. The summed E-state index contributed by atoms with van der Waals surface area (Å²) in [7, 11) is 0. The molecule has 3 heteroatoms. The van der Waals surface area contributed by atoms with Gasteiger partial charge in [0.1, 0.15) is 0 Å². The first-order chi connectivity index (χ1) is 12.4. The highest BCUT2D eigenvalue weighted by molar-refractivity contribution is 7.14. The van der Waals surface area contributed by atoms with Crippen molar-refractivity contribution in [2.24, 2.45) is 0 Å². The Bertz CT molecular complexity index is 786. The first-order valence-corrected chi connectivity index (χ1v) is 10.1. The minimum absolute atomic E-state index is 0.765. The highest BCUT2D eigenvalue weighted by Gasteiger charge is 2.15. The summed E-state index contributed by atoms with van der Waals surface area (Å²) in [6.45, 7) is 0.814. The Balaban J connectivity index is 1.41. The maximum Gasteiger partial charge on any atom is 0.183 e. The molecule has 0 aliphatic heterocycles. The van der Waals surface area contributed by atoms with E-state index < -0.39 is 0 Å². The average molecular weight is 349 g/mol. The monoisotopic (exact) mass is 348 g/mol. The minimum atomic E-state index is 0.765. The number of thiazole rings is 1. The molecule has 1 aliphatic carbocycles. The normalized spacial score (nSPS) is 15.2. The van der Waals surface area contributed by atoms with E-state index in [2.05, 4.69) is 59.2 Å². The predicted octanol–water partition coefficient (Wildman–Crippen LogP) is 6.47. The van der Waals surface area contributed by atoms with Crippen molar-refractivity contribution >= 4 is 16.5 Å². The molecule has 0 amide bonds. The van der Waals surface area contributed by atoms with Crippen molar-refractivity contribution in [3.63, 3.8) is 0 Å². The van der Waals surface area contributed by atoms with Crippen molar-refractivity contribution in [3.05, 3.63) is 71.1 Å². The summed E-state index contributed by atoms with van der Waals surface area (Å²) in [5.74, 6) is 0.765. The van der Waals surface area contributed by atoms with Crippen LogP contribution < -0.4 is 5.32 Å². The Morgan fingerprint density at radius 2 is 1.68 bits per heavy atom. The van der Waals surface area contributed by atoms with Gasteiger partial charge >= 0.3 is 0 Å². The molecule has 1 fully saturated rings. The highest BCUT2D eigenvalue weighted by Crippen LogP contribution is 2.34. The Hall–Kier alpha value is -2.13. The van der Waals surface area contributed by atoms with Gasteiger partial charge in [-0.25, -0.2) is 4.98 Å². The van der Waals surface area contributed by atoms with E-state index in [9.17, 15) is 0 Å². The van der Waals surface area contributed by atoms with E-state index in [1.165, 1.54) is 48.8 Å². The molecule has 1 aromatic heterocycles. The van der Waals surface area contributed by atoms with Crippen molar-refractivity contribution in [2.45, 2.75) is 44.6 Å². The Morgan fingerprint density at radius 3 is 2.44 bits per heavy atom. The van der Waals surface area contributed by atoms with Gasteiger partial charge in [-0.3, -0.25) is 0 Å². The number of aromatic nitrogens is 1. The lowest BCUT2D eigenvalue weighted by Crippen LogP contribution is -2.04. The molecule has 4 rings (SSSR count). The highest BCUT2D eigenvalue weighted by atomic mass is 32.1. The molecule has 1 aliphatic rings. The Kier molecular flexibility index (Phi) is 5.12. The third-order valence-electron chi connectivity index (χ3n) is 5.07. The molecule has 0 spiro atoms. The van der Waals surface area contributed by atoms with Gasteiger partial charge in [0.2, 0.25) is 0 Å². The molecule has 0 unspecified atom stereocenters. The van der Waals surface area contributed by atoms with Crippen molar-refractivity contribution < 1.29 is 0 Å². The fourth-order valence-corrected chi connectivity index (χ4v) is 4.34. The lowest BCUT2D eigenvalue weighted by atomic mass is 9.84. The van der Waals surface area contributed by atoms with E-state index in [0.717, 1.165) is 23.3 Å². The lowest BCUT2D eigenvalue weighted by molar-refractivity contribution is 0.443. The van der Waals surface area contributed by atoms with Gasteiger partial charge in [0.25, 0.3) is 0 Å². The van der Waals surface area contributed by atoms with Crippen LogP contribution in [0.3, 0.4) is 0 Å². The molecule has 0 saturated heterocycles. The van der Waals surface area contributed by atoms with Crippen molar-refractivity contribution in [3.8, 4) is 11.3 Å². The number of hydrogen-bond donors (Lipinski definition) is 1. The molecular formula is C22H24N2S. The SMILES string of the molecule is c1ccc(CNc2nc(-c3ccc(C4CCCCC4)cc3)cs2)cc1. The Labute approximate surface area is 154 Å². The second-order valence-corrected chi connectivity index (χ2v) is 7.69. The zero-order valence-electron chi connectivity index (χ0n) is 14.4. The van der Waals surface area contributed by atoms with Gasteiger partial charge in [0, 0.05) is 17.5 Å². The quantitative estimate of drug-likeness (QED) is 0.571. The van der Waals surface area contributed by atoms with E-state index in [0.29, 0.717) is 0 Å². The van der Waals surface area contributed by atoms with Gasteiger partial charge < -0.3 is 5.32 Å². The van der Waals surface area contributed by atoms with Gasteiger partial charge in [0.05, 0.1) is 5.69 Å². The lowest BCUT2D eigenvalue weighted by Gasteiger charge is -2.22. The summed E-state index contributed by atoms with van der Waals surface area (Å²) >= 11 is 1.67. The summed E-state index contributed by atoms with van der Waals surface area (Å²) in [6, 6.07) is 19.5. The van der Waals surface area contributed by atoms with E-state index in [1.54, 1.807) is 11.3 Å². The van der Waals surface area contributed by atoms with Crippen LogP contribution >= 0.6 is 11.3 Å². The minimum Gasteiger partial charge on any atom is -0.357 e. The molecule has 3 aromatic rings. The maximum atomic E-state index is 4.75. The number of hydrogen-bond acceptors (Lipinski definition) is 3. The molecular weight excluding hydrogens is 324 g/mol. The van der Waals surface area contributed by atoms with E-state index in [4.69, 9.17) is 4.98 Å². The fraction of sp³-hybridized carbons (Fsp3) is 0.318. The number of nitrogens with zero attached hydrogens (tertiary/aromatic N) is 1. The summed E-state index contributed by atoms with van der Waals surface area (Å²) in [4.78, 5) is 4.75. The number of rotatable bonds is 5. The zero-order valence-corrected chi connectivity index (χ0v) is 15.3. The summed E-state index contributed by atoms with van der Waals surface area (Å²) in [5.41, 5.74) is 5.05. The molecule has 25 heavy (non-hydrogen) atoms. The molecule has 1 saturated carbocycles. The van der Waals surface area contributed by atoms with Gasteiger partial charge in [-0.1, -0.05) is 73.9 Å². The topological polar surface area (TPSA) is 24.9 Å². The molecule has 2 nitrogen and oxygen atoms in total. The van der Waals surface area contributed by atoms with E-state index in [-0.39, 0.29) is 0 Å². The van der Waals surface area contributed by atoms with Crippen LogP contribution in [0.15, 0.2) is 60.0 Å². The van der Waals surface area contributed by atoms with Crippen LogP contribution in [0.5, 0.6) is 0 Å². The van der Waals surface area contributed by atoms with Crippen LogP contribution in [0.4, 0.5) is 5.13 Å². The third-order valence-corrected chi connectivity index (χ3v) is 5.87.